The first kappa shape index (κ1) is 16.3. The zero-order valence-corrected chi connectivity index (χ0v) is 11.8. The first-order chi connectivity index (χ1) is 9.40. The maximum Gasteiger partial charge on any atom is 0.317 e. The topological polar surface area (TPSA) is 113 Å². The molecule has 1 saturated heterocycles. The number of piperidine rings is 1. The summed E-state index contributed by atoms with van der Waals surface area (Å²) in [5.74, 6) is -1.46. The number of nitrogens with two attached hydrogens (primary N) is 1. The number of rotatable bonds is 6. The Balaban J connectivity index is 2.34. The van der Waals surface area contributed by atoms with Gasteiger partial charge in [0.1, 0.15) is 0 Å². The molecule has 1 aliphatic rings. The predicted octanol–water partition coefficient (Wildman–Crippen LogP) is 0.537. The van der Waals surface area contributed by atoms with E-state index < -0.39 is 5.97 Å². The van der Waals surface area contributed by atoms with E-state index >= 15 is 0 Å². The molecule has 114 valence electrons. The Hall–Kier alpha value is -1.79. The Morgan fingerprint density at radius 2 is 2.15 bits per heavy atom. The number of hydrogen-bond acceptors (Lipinski definition) is 3. The van der Waals surface area contributed by atoms with Crippen molar-refractivity contribution in [3.8, 4) is 0 Å². The highest BCUT2D eigenvalue weighted by Gasteiger charge is 2.27. The summed E-state index contributed by atoms with van der Waals surface area (Å²) in [4.78, 5) is 35.2. The monoisotopic (exact) mass is 285 g/mol. The molecule has 7 nitrogen and oxygen atoms in total. The van der Waals surface area contributed by atoms with Crippen molar-refractivity contribution < 1.29 is 19.5 Å². The molecule has 1 rings (SSSR count). The minimum absolute atomic E-state index is 0.0872. The van der Waals surface area contributed by atoms with Gasteiger partial charge in [0.15, 0.2) is 0 Å². The summed E-state index contributed by atoms with van der Waals surface area (Å²) in [6.45, 7) is 2.83. The van der Waals surface area contributed by atoms with Crippen molar-refractivity contribution in [2.24, 2.45) is 11.7 Å². The smallest absolute Gasteiger partial charge is 0.317 e. The van der Waals surface area contributed by atoms with Gasteiger partial charge in [-0.3, -0.25) is 9.59 Å². The summed E-state index contributed by atoms with van der Waals surface area (Å²) < 4.78 is 0. The standard InChI is InChI=1S/C13H23N3O4/c1-9(4-2-6-11(17)18)15-13(20)16-7-3-5-10(8-16)12(14)19/h9-10H,2-8H2,1H3,(H2,14,19)(H,15,20)(H,17,18). The fraction of sp³-hybridized carbons (Fsp3) is 0.769. The molecule has 4 N–H and O–H groups in total. The van der Waals surface area contributed by atoms with E-state index in [4.69, 9.17) is 10.8 Å². The van der Waals surface area contributed by atoms with Gasteiger partial charge in [-0.15, -0.1) is 0 Å². The summed E-state index contributed by atoms with van der Waals surface area (Å²) in [5, 5.41) is 11.4. The minimum Gasteiger partial charge on any atom is -0.481 e. The molecule has 0 bridgehead atoms. The number of nitrogens with zero attached hydrogens (tertiary/aromatic N) is 1. The molecule has 1 heterocycles. The first-order valence-corrected chi connectivity index (χ1v) is 6.96. The van der Waals surface area contributed by atoms with Crippen molar-refractivity contribution in [2.75, 3.05) is 13.1 Å². The molecule has 0 saturated carbocycles. The number of aliphatic carboxylic acids is 1. The van der Waals surface area contributed by atoms with Crippen LogP contribution >= 0.6 is 0 Å². The van der Waals surface area contributed by atoms with E-state index in [0.717, 1.165) is 12.8 Å². The largest absolute Gasteiger partial charge is 0.481 e. The normalized spacial score (nSPS) is 20.2. The van der Waals surface area contributed by atoms with Crippen molar-refractivity contribution in [3.63, 3.8) is 0 Å². The third-order valence-corrected chi connectivity index (χ3v) is 3.51. The van der Waals surface area contributed by atoms with Gasteiger partial charge >= 0.3 is 12.0 Å². The fourth-order valence-electron chi connectivity index (χ4n) is 2.33. The van der Waals surface area contributed by atoms with E-state index in [1.54, 1.807) is 4.90 Å². The van der Waals surface area contributed by atoms with Crippen LogP contribution in [0.15, 0.2) is 0 Å². The Morgan fingerprint density at radius 1 is 1.45 bits per heavy atom. The summed E-state index contributed by atoms with van der Waals surface area (Å²) in [6, 6.07) is -0.297. The van der Waals surface area contributed by atoms with Gasteiger partial charge in [0, 0.05) is 25.6 Å². The van der Waals surface area contributed by atoms with Crippen LogP contribution in [0.5, 0.6) is 0 Å². The van der Waals surface area contributed by atoms with E-state index in [1.165, 1.54) is 0 Å². The van der Waals surface area contributed by atoms with E-state index in [9.17, 15) is 14.4 Å². The number of amides is 3. The van der Waals surface area contributed by atoms with Crippen molar-refractivity contribution in [1.82, 2.24) is 10.2 Å². The number of carbonyl (C=O) groups excluding carboxylic acids is 2. The molecule has 3 amide bonds. The third-order valence-electron chi connectivity index (χ3n) is 3.51. The van der Waals surface area contributed by atoms with Crippen LogP contribution in [0.3, 0.4) is 0 Å². The molecule has 2 unspecified atom stereocenters. The van der Waals surface area contributed by atoms with Crippen molar-refractivity contribution in [1.29, 1.82) is 0 Å². The van der Waals surface area contributed by atoms with Crippen molar-refractivity contribution in [3.05, 3.63) is 0 Å². The number of hydrogen-bond donors (Lipinski definition) is 3. The van der Waals surface area contributed by atoms with Crippen molar-refractivity contribution in [2.45, 2.75) is 45.1 Å². The average Bonchev–Trinajstić information content (AvgIpc) is 2.38. The lowest BCUT2D eigenvalue weighted by molar-refractivity contribution is -0.137. The molecule has 0 aromatic heterocycles. The molecule has 0 aromatic carbocycles. The molecule has 1 aliphatic heterocycles. The van der Waals surface area contributed by atoms with Gasteiger partial charge in [0.05, 0.1) is 5.92 Å². The number of primary amides is 1. The minimum atomic E-state index is -0.830. The molecular formula is C13H23N3O4. The SMILES string of the molecule is CC(CCCC(=O)O)NC(=O)N1CCCC(C(N)=O)C1. The second kappa shape index (κ2) is 7.72. The highest BCUT2D eigenvalue weighted by atomic mass is 16.4. The van der Waals surface area contributed by atoms with Crippen LogP contribution in [0.1, 0.15) is 39.0 Å². The van der Waals surface area contributed by atoms with Gasteiger partial charge in [0.25, 0.3) is 0 Å². The number of carboxylic acids is 1. The van der Waals surface area contributed by atoms with E-state index in [2.05, 4.69) is 5.32 Å². The lowest BCUT2D eigenvalue weighted by atomic mass is 9.98. The number of nitrogens with one attached hydrogen (secondary N) is 1. The van der Waals surface area contributed by atoms with E-state index in [0.29, 0.717) is 25.9 Å². The molecule has 1 fully saturated rings. The highest BCUT2D eigenvalue weighted by molar-refractivity contribution is 5.79. The fourth-order valence-corrected chi connectivity index (χ4v) is 2.33. The van der Waals surface area contributed by atoms with Gasteiger partial charge in [-0.25, -0.2) is 4.79 Å². The van der Waals surface area contributed by atoms with Crippen LogP contribution in [0.4, 0.5) is 4.79 Å². The lowest BCUT2D eigenvalue weighted by Gasteiger charge is -2.32. The molecule has 0 spiro atoms. The molecule has 7 heteroatoms. The van der Waals surface area contributed by atoms with Gasteiger partial charge in [-0.05, 0) is 32.6 Å². The van der Waals surface area contributed by atoms with Crippen LogP contribution in [0, 0.1) is 5.92 Å². The Labute approximate surface area is 118 Å². The van der Waals surface area contributed by atoms with E-state index in [1.807, 2.05) is 6.92 Å². The molecule has 0 radical (unpaired) electrons. The van der Waals surface area contributed by atoms with Gasteiger partial charge < -0.3 is 21.1 Å². The Morgan fingerprint density at radius 3 is 2.75 bits per heavy atom. The van der Waals surface area contributed by atoms with Crippen molar-refractivity contribution >= 4 is 17.9 Å². The molecule has 2 atom stereocenters. The van der Waals surface area contributed by atoms with Gasteiger partial charge in [0.2, 0.25) is 5.91 Å². The van der Waals surface area contributed by atoms with Crippen LogP contribution in [-0.2, 0) is 9.59 Å². The number of likely N-dealkylation sites (tertiary alicyclic amines) is 1. The van der Waals surface area contributed by atoms with Gasteiger partial charge in [-0.1, -0.05) is 0 Å². The molecule has 20 heavy (non-hydrogen) atoms. The summed E-state index contributed by atoms with van der Waals surface area (Å²) >= 11 is 0. The third kappa shape index (κ3) is 5.46. The maximum absolute atomic E-state index is 12.0. The Bertz CT molecular complexity index is 373. The summed E-state index contributed by atoms with van der Waals surface area (Å²) in [5.41, 5.74) is 5.27. The highest BCUT2D eigenvalue weighted by Crippen LogP contribution is 2.16. The zero-order chi connectivity index (χ0) is 15.1. The van der Waals surface area contributed by atoms with Gasteiger partial charge in [-0.2, -0.15) is 0 Å². The zero-order valence-electron chi connectivity index (χ0n) is 11.8. The lowest BCUT2D eigenvalue weighted by Crippen LogP contribution is -2.50. The van der Waals surface area contributed by atoms with Crippen LogP contribution in [0.25, 0.3) is 0 Å². The summed E-state index contributed by atoms with van der Waals surface area (Å²) in [7, 11) is 0. The van der Waals surface area contributed by atoms with Crippen LogP contribution in [-0.4, -0.2) is 47.0 Å². The second-order valence-electron chi connectivity index (χ2n) is 5.32. The van der Waals surface area contributed by atoms with Crippen LogP contribution in [0.2, 0.25) is 0 Å². The first-order valence-electron chi connectivity index (χ1n) is 6.96. The molecular weight excluding hydrogens is 262 g/mol. The number of carboxylic acid groups (broad SMARTS) is 1. The number of carbonyl (C=O) groups is 3. The number of urea groups is 1. The quantitative estimate of drug-likeness (QED) is 0.661. The average molecular weight is 285 g/mol. The maximum atomic E-state index is 12.0. The molecule has 0 aromatic rings. The van der Waals surface area contributed by atoms with E-state index in [-0.39, 0.29) is 30.3 Å². The predicted molar refractivity (Wildman–Crippen MR) is 73.0 cm³/mol. The summed E-state index contributed by atoms with van der Waals surface area (Å²) in [6.07, 6.45) is 2.75. The molecule has 0 aliphatic carbocycles. The Kier molecular flexibility index (Phi) is 6.27. The van der Waals surface area contributed by atoms with Crippen LogP contribution < -0.4 is 11.1 Å². The second-order valence-corrected chi connectivity index (χ2v) is 5.32.